The van der Waals surface area contributed by atoms with Crippen molar-refractivity contribution in [2.75, 3.05) is 0 Å². The SMILES string of the molecule is Cc1nn2cccnc2c1C(=O)N[C@@H](C)c1nc2cccc(C#Cc3ccccc3)c2c(=O)n1-c1ccccc1. The average Bonchev–Trinajstić information content (AvgIpc) is 3.32. The minimum absolute atomic E-state index is 0.265. The summed E-state index contributed by atoms with van der Waals surface area (Å²) >= 11 is 0. The number of carbonyl (C=O) groups excluding carboxylic acids is 1. The zero-order valence-corrected chi connectivity index (χ0v) is 21.9. The molecular weight excluding hydrogens is 500 g/mol. The summed E-state index contributed by atoms with van der Waals surface area (Å²) in [6.07, 6.45) is 3.36. The van der Waals surface area contributed by atoms with Crippen LogP contribution in [0.4, 0.5) is 0 Å². The van der Waals surface area contributed by atoms with Crippen LogP contribution in [0.1, 0.15) is 46.0 Å². The van der Waals surface area contributed by atoms with Gasteiger partial charge in [-0.15, -0.1) is 0 Å². The van der Waals surface area contributed by atoms with Gasteiger partial charge < -0.3 is 5.32 Å². The van der Waals surface area contributed by atoms with Crippen molar-refractivity contribution in [2.24, 2.45) is 0 Å². The van der Waals surface area contributed by atoms with Gasteiger partial charge in [-0.05, 0) is 56.3 Å². The highest BCUT2D eigenvalue weighted by Gasteiger charge is 2.24. The highest BCUT2D eigenvalue weighted by molar-refractivity contribution is 6.01. The Balaban J connectivity index is 1.48. The van der Waals surface area contributed by atoms with Crippen molar-refractivity contribution >= 4 is 22.5 Å². The number of hydrogen-bond donors (Lipinski definition) is 1. The van der Waals surface area contributed by atoms with Crippen LogP contribution < -0.4 is 10.9 Å². The van der Waals surface area contributed by atoms with Crippen LogP contribution in [0.15, 0.2) is 102 Å². The van der Waals surface area contributed by atoms with E-state index in [-0.39, 0.29) is 11.5 Å². The Morgan fingerprint density at radius 3 is 2.45 bits per heavy atom. The van der Waals surface area contributed by atoms with Gasteiger partial charge in [0.1, 0.15) is 11.4 Å². The van der Waals surface area contributed by atoms with Crippen LogP contribution in [0, 0.1) is 18.8 Å². The fraction of sp³-hybridized carbons (Fsp3) is 0.0938. The smallest absolute Gasteiger partial charge is 0.267 e. The van der Waals surface area contributed by atoms with Crippen molar-refractivity contribution in [3.05, 3.63) is 136 Å². The molecule has 1 amide bonds. The maximum Gasteiger partial charge on any atom is 0.267 e. The first-order valence-corrected chi connectivity index (χ1v) is 12.8. The summed E-state index contributed by atoms with van der Waals surface area (Å²) in [6, 6.07) is 25.4. The van der Waals surface area contributed by atoms with E-state index in [0.29, 0.717) is 44.9 Å². The van der Waals surface area contributed by atoms with Crippen molar-refractivity contribution in [3.8, 4) is 17.5 Å². The van der Waals surface area contributed by atoms with E-state index in [1.54, 1.807) is 47.5 Å². The molecule has 40 heavy (non-hydrogen) atoms. The first kappa shape index (κ1) is 24.8. The van der Waals surface area contributed by atoms with E-state index in [0.717, 1.165) is 5.56 Å². The lowest BCUT2D eigenvalue weighted by molar-refractivity contribution is 0.0938. The van der Waals surface area contributed by atoms with Crippen LogP contribution >= 0.6 is 0 Å². The number of aryl methyl sites for hydroxylation is 1. The molecule has 0 aliphatic heterocycles. The third-order valence-electron chi connectivity index (χ3n) is 6.59. The predicted octanol–water partition coefficient (Wildman–Crippen LogP) is 4.63. The molecule has 0 bridgehead atoms. The number of carbonyl (C=O) groups is 1. The summed E-state index contributed by atoms with van der Waals surface area (Å²) in [5.41, 5.74) is 3.69. The first-order chi connectivity index (χ1) is 19.5. The number of hydrogen-bond acceptors (Lipinski definition) is 5. The van der Waals surface area contributed by atoms with Gasteiger partial charge in [-0.2, -0.15) is 5.10 Å². The fourth-order valence-electron chi connectivity index (χ4n) is 4.73. The number of benzene rings is 3. The van der Waals surface area contributed by atoms with Gasteiger partial charge in [0, 0.05) is 23.5 Å². The van der Waals surface area contributed by atoms with Crippen LogP contribution in [0.5, 0.6) is 0 Å². The van der Waals surface area contributed by atoms with Crippen molar-refractivity contribution in [3.63, 3.8) is 0 Å². The van der Waals surface area contributed by atoms with Crippen molar-refractivity contribution in [1.82, 2.24) is 29.5 Å². The van der Waals surface area contributed by atoms with Gasteiger partial charge in [0.05, 0.1) is 28.3 Å². The predicted molar refractivity (Wildman–Crippen MR) is 153 cm³/mol. The molecule has 6 aromatic rings. The highest BCUT2D eigenvalue weighted by Crippen LogP contribution is 2.21. The van der Waals surface area contributed by atoms with E-state index >= 15 is 0 Å². The summed E-state index contributed by atoms with van der Waals surface area (Å²) in [7, 11) is 0. The minimum Gasteiger partial charge on any atom is -0.342 e. The molecule has 1 N–H and O–H groups in total. The number of rotatable bonds is 4. The standard InChI is InChI=1S/C32H24N6O2/c1-21-27(30-33-19-10-20-37(30)36-21)31(39)34-22(2)29-35-26-16-9-13-24(18-17-23-11-5-3-6-12-23)28(26)32(40)38(29)25-14-7-4-8-15-25/h3-16,19-20,22H,1-2H3,(H,34,39)/t22-/m0/s1. The molecule has 194 valence electrons. The number of nitrogens with one attached hydrogen (secondary N) is 1. The number of fused-ring (bicyclic) bond motifs is 2. The van der Waals surface area contributed by atoms with E-state index in [9.17, 15) is 9.59 Å². The lowest BCUT2D eigenvalue weighted by Gasteiger charge is -2.20. The van der Waals surface area contributed by atoms with Crippen molar-refractivity contribution < 1.29 is 4.79 Å². The van der Waals surface area contributed by atoms with Crippen molar-refractivity contribution in [1.29, 1.82) is 0 Å². The maximum absolute atomic E-state index is 14.1. The Kier molecular flexibility index (Phi) is 6.38. The van der Waals surface area contributed by atoms with Gasteiger partial charge in [0.25, 0.3) is 11.5 Å². The third kappa shape index (κ3) is 4.50. The molecule has 6 rings (SSSR count). The van der Waals surface area contributed by atoms with Gasteiger partial charge in [0.2, 0.25) is 0 Å². The number of amides is 1. The van der Waals surface area contributed by atoms with Gasteiger partial charge in [-0.3, -0.25) is 14.2 Å². The summed E-state index contributed by atoms with van der Waals surface area (Å²) in [6.45, 7) is 3.57. The normalized spacial score (nSPS) is 11.7. The number of para-hydroxylation sites is 1. The molecule has 0 saturated heterocycles. The van der Waals surface area contributed by atoms with Gasteiger partial charge in [-0.1, -0.05) is 54.3 Å². The Hall–Kier alpha value is -5.55. The molecule has 3 aromatic carbocycles. The lowest BCUT2D eigenvalue weighted by Crippen LogP contribution is -2.33. The van der Waals surface area contributed by atoms with Crippen LogP contribution in [0.3, 0.4) is 0 Å². The molecule has 0 unspecified atom stereocenters. The Morgan fingerprint density at radius 1 is 0.925 bits per heavy atom. The quantitative estimate of drug-likeness (QED) is 0.340. The average molecular weight is 525 g/mol. The zero-order valence-electron chi connectivity index (χ0n) is 21.9. The first-order valence-electron chi connectivity index (χ1n) is 12.8. The molecule has 3 heterocycles. The van der Waals surface area contributed by atoms with E-state index in [2.05, 4.69) is 27.2 Å². The molecule has 0 radical (unpaired) electrons. The van der Waals surface area contributed by atoms with Gasteiger partial charge in [-0.25, -0.2) is 14.5 Å². The molecule has 8 heteroatoms. The summed E-state index contributed by atoms with van der Waals surface area (Å²) < 4.78 is 3.11. The van der Waals surface area contributed by atoms with E-state index in [1.807, 2.05) is 72.8 Å². The summed E-state index contributed by atoms with van der Waals surface area (Å²) in [5.74, 6) is 6.34. The van der Waals surface area contributed by atoms with E-state index in [4.69, 9.17) is 4.98 Å². The lowest BCUT2D eigenvalue weighted by atomic mass is 10.1. The highest BCUT2D eigenvalue weighted by atomic mass is 16.2. The van der Waals surface area contributed by atoms with E-state index in [1.165, 1.54) is 0 Å². The van der Waals surface area contributed by atoms with Gasteiger partial charge in [0.15, 0.2) is 5.65 Å². The molecule has 0 aliphatic carbocycles. The molecule has 8 nitrogen and oxygen atoms in total. The largest absolute Gasteiger partial charge is 0.342 e. The van der Waals surface area contributed by atoms with Crippen LogP contribution in [-0.4, -0.2) is 30.1 Å². The van der Waals surface area contributed by atoms with Crippen molar-refractivity contribution in [2.45, 2.75) is 19.9 Å². The zero-order chi connectivity index (χ0) is 27.6. The molecule has 0 spiro atoms. The summed E-state index contributed by atoms with van der Waals surface area (Å²) in [4.78, 5) is 36.8. The van der Waals surface area contributed by atoms with Gasteiger partial charge >= 0.3 is 0 Å². The van der Waals surface area contributed by atoms with E-state index < -0.39 is 6.04 Å². The van der Waals surface area contributed by atoms with Crippen LogP contribution in [-0.2, 0) is 0 Å². The number of nitrogens with zero attached hydrogens (tertiary/aromatic N) is 5. The molecule has 0 fully saturated rings. The fourth-order valence-corrected chi connectivity index (χ4v) is 4.73. The monoisotopic (exact) mass is 524 g/mol. The molecular formula is C32H24N6O2. The molecule has 0 aliphatic rings. The molecule has 0 saturated carbocycles. The Morgan fingerprint density at radius 2 is 1.68 bits per heavy atom. The Labute approximate surface area is 230 Å². The second-order valence-corrected chi connectivity index (χ2v) is 9.31. The second kappa shape index (κ2) is 10.3. The molecule has 3 aromatic heterocycles. The third-order valence-corrected chi connectivity index (χ3v) is 6.59. The summed E-state index contributed by atoms with van der Waals surface area (Å²) in [5, 5.41) is 7.82. The minimum atomic E-state index is -0.623. The van der Waals surface area contributed by atoms with Crippen LogP contribution in [0.25, 0.3) is 22.2 Å². The maximum atomic E-state index is 14.1. The number of aromatic nitrogens is 5. The molecule has 1 atom stereocenters. The topological polar surface area (TPSA) is 94.2 Å². The second-order valence-electron chi connectivity index (χ2n) is 9.31. The Bertz CT molecular complexity index is 2000. The van der Waals surface area contributed by atoms with Crippen LogP contribution in [0.2, 0.25) is 0 Å².